The number of nitrogens with one attached hydrogen (secondary N) is 1. The van der Waals surface area contributed by atoms with Crippen molar-refractivity contribution in [3.63, 3.8) is 0 Å². The summed E-state index contributed by atoms with van der Waals surface area (Å²) in [4.78, 5) is 0. The first-order valence-electron chi connectivity index (χ1n) is 4.97. The number of ether oxygens (including phenoxy) is 1. The molecule has 1 N–H and O–H groups in total. The highest BCUT2D eigenvalue weighted by Gasteiger charge is 2.23. The van der Waals surface area contributed by atoms with Crippen LogP contribution in [0, 0.1) is 5.92 Å². The topological polar surface area (TPSA) is 21.3 Å². The highest BCUT2D eigenvalue weighted by molar-refractivity contribution is 4.83. The summed E-state index contributed by atoms with van der Waals surface area (Å²) in [6.07, 6.45) is 3.91. The molecule has 0 aliphatic carbocycles. The van der Waals surface area contributed by atoms with Crippen LogP contribution in [0.1, 0.15) is 33.1 Å². The van der Waals surface area contributed by atoms with Crippen LogP contribution in [-0.4, -0.2) is 25.8 Å². The largest absolute Gasteiger partial charge is 0.383 e. The number of hydrogen-bond donors (Lipinski definition) is 1. The van der Waals surface area contributed by atoms with Crippen molar-refractivity contribution < 1.29 is 4.74 Å². The zero-order chi connectivity index (χ0) is 8.97. The number of hydrogen-bond acceptors (Lipinski definition) is 2. The van der Waals surface area contributed by atoms with Gasteiger partial charge >= 0.3 is 0 Å². The van der Waals surface area contributed by atoms with E-state index in [2.05, 4.69) is 19.2 Å². The Morgan fingerprint density at radius 1 is 1.33 bits per heavy atom. The second-order valence-corrected chi connectivity index (χ2v) is 4.22. The van der Waals surface area contributed by atoms with E-state index in [1.165, 1.54) is 19.3 Å². The molecule has 0 radical (unpaired) electrons. The lowest BCUT2D eigenvalue weighted by Crippen LogP contribution is -2.33. The number of methoxy groups -OCH3 is 1. The average molecular weight is 171 g/mol. The minimum absolute atomic E-state index is 0.610. The van der Waals surface area contributed by atoms with Crippen LogP contribution >= 0.6 is 0 Å². The standard InChI is InChI=1S/C10H21NO/c1-8(2)6-9-4-5-10(11-9)7-12-3/h8-11H,4-7H2,1-3H3. The Hall–Kier alpha value is -0.0800. The van der Waals surface area contributed by atoms with Crippen molar-refractivity contribution >= 4 is 0 Å². The van der Waals surface area contributed by atoms with E-state index < -0.39 is 0 Å². The van der Waals surface area contributed by atoms with E-state index in [0.717, 1.165) is 18.6 Å². The second-order valence-electron chi connectivity index (χ2n) is 4.22. The molecule has 2 heteroatoms. The molecule has 0 aromatic heterocycles. The van der Waals surface area contributed by atoms with Crippen LogP contribution in [0.5, 0.6) is 0 Å². The van der Waals surface area contributed by atoms with Gasteiger partial charge in [-0.05, 0) is 25.2 Å². The van der Waals surface area contributed by atoms with Gasteiger partial charge in [0.25, 0.3) is 0 Å². The molecule has 1 heterocycles. The molecule has 1 aliphatic rings. The molecular formula is C10H21NO. The van der Waals surface area contributed by atoms with Gasteiger partial charge in [-0.1, -0.05) is 13.8 Å². The van der Waals surface area contributed by atoms with Gasteiger partial charge < -0.3 is 10.1 Å². The van der Waals surface area contributed by atoms with Crippen molar-refractivity contribution in [3.8, 4) is 0 Å². The minimum atomic E-state index is 0.610. The fourth-order valence-electron chi connectivity index (χ4n) is 1.99. The maximum atomic E-state index is 5.12. The van der Waals surface area contributed by atoms with Crippen molar-refractivity contribution in [1.29, 1.82) is 0 Å². The molecule has 12 heavy (non-hydrogen) atoms. The molecule has 0 aromatic carbocycles. The lowest BCUT2D eigenvalue weighted by atomic mass is 10.0. The summed E-state index contributed by atoms with van der Waals surface area (Å²) >= 11 is 0. The molecule has 0 aromatic rings. The molecule has 2 unspecified atom stereocenters. The van der Waals surface area contributed by atoms with E-state index in [1.807, 2.05) is 0 Å². The molecule has 72 valence electrons. The van der Waals surface area contributed by atoms with Gasteiger partial charge in [-0.2, -0.15) is 0 Å². The van der Waals surface area contributed by atoms with Crippen LogP contribution in [0.15, 0.2) is 0 Å². The van der Waals surface area contributed by atoms with E-state index in [1.54, 1.807) is 7.11 Å². The SMILES string of the molecule is COCC1CCC(CC(C)C)N1. The Labute approximate surface area is 75.7 Å². The zero-order valence-electron chi connectivity index (χ0n) is 8.47. The van der Waals surface area contributed by atoms with E-state index >= 15 is 0 Å². The van der Waals surface area contributed by atoms with E-state index in [0.29, 0.717) is 6.04 Å². The molecule has 1 rings (SSSR count). The van der Waals surface area contributed by atoms with E-state index in [4.69, 9.17) is 4.74 Å². The van der Waals surface area contributed by atoms with Gasteiger partial charge in [0.05, 0.1) is 6.61 Å². The van der Waals surface area contributed by atoms with E-state index in [9.17, 15) is 0 Å². The zero-order valence-corrected chi connectivity index (χ0v) is 8.47. The van der Waals surface area contributed by atoms with Gasteiger partial charge in [-0.15, -0.1) is 0 Å². The van der Waals surface area contributed by atoms with Crippen LogP contribution in [0.3, 0.4) is 0 Å². The monoisotopic (exact) mass is 171 g/mol. The lowest BCUT2D eigenvalue weighted by molar-refractivity contribution is 0.171. The summed E-state index contributed by atoms with van der Waals surface area (Å²) in [5.74, 6) is 0.809. The normalized spacial score (nSPS) is 30.0. The fourth-order valence-corrected chi connectivity index (χ4v) is 1.99. The Bertz CT molecular complexity index is 125. The van der Waals surface area contributed by atoms with Gasteiger partial charge in [0.15, 0.2) is 0 Å². The highest BCUT2D eigenvalue weighted by atomic mass is 16.5. The molecule has 1 aliphatic heterocycles. The predicted octanol–water partition coefficient (Wildman–Crippen LogP) is 1.80. The number of rotatable bonds is 4. The Kier molecular flexibility index (Phi) is 4.02. The van der Waals surface area contributed by atoms with Crippen LogP contribution < -0.4 is 5.32 Å². The summed E-state index contributed by atoms with van der Waals surface area (Å²) < 4.78 is 5.12. The van der Waals surface area contributed by atoms with Crippen LogP contribution in [0.25, 0.3) is 0 Å². The summed E-state index contributed by atoms with van der Waals surface area (Å²) in [5.41, 5.74) is 0. The Morgan fingerprint density at radius 3 is 2.58 bits per heavy atom. The van der Waals surface area contributed by atoms with Gasteiger partial charge in [-0.25, -0.2) is 0 Å². The van der Waals surface area contributed by atoms with Crippen molar-refractivity contribution in [2.45, 2.75) is 45.2 Å². The smallest absolute Gasteiger partial charge is 0.0615 e. The molecule has 2 atom stereocenters. The maximum Gasteiger partial charge on any atom is 0.0615 e. The van der Waals surface area contributed by atoms with Crippen molar-refractivity contribution in [2.24, 2.45) is 5.92 Å². The summed E-state index contributed by atoms with van der Waals surface area (Å²) in [5, 5.41) is 3.60. The molecule has 0 amide bonds. The van der Waals surface area contributed by atoms with Gasteiger partial charge in [0.2, 0.25) is 0 Å². The molecule has 1 saturated heterocycles. The van der Waals surface area contributed by atoms with Crippen molar-refractivity contribution in [1.82, 2.24) is 5.32 Å². The Balaban J connectivity index is 2.16. The fraction of sp³-hybridized carbons (Fsp3) is 1.00. The highest BCUT2D eigenvalue weighted by Crippen LogP contribution is 2.18. The molecule has 1 fully saturated rings. The molecule has 2 nitrogen and oxygen atoms in total. The average Bonchev–Trinajstić information content (AvgIpc) is 2.36. The quantitative estimate of drug-likeness (QED) is 0.696. The van der Waals surface area contributed by atoms with Crippen molar-refractivity contribution in [2.75, 3.05) is 13.7 Å². The summed E-state index contributed by atoms with van der Waals surface area (Å²) in [7, 11) is 1.78. The van der Waals surface area contributed by atoms with Crippen LogP contribution in [0.4, 0.5) is 0 Å². The summed E-state index contributed by atoms with van der Waals surface area (Å²) in [6, 6.07) is 1.35. The first-order chi connectivity index (χ1) is 5.72. The Morgan fingerprint density at radius 2 is 2.00 bits per heavy atom. The second kappa shape index (κ2) is 4.83. The summed E-state index contributed by atoms with van der Waals surface area (Å²) in [6.45, 7) is 5.44. The van der Waals surface area contributed by atoms with Crippen LogP contribution in [-0.2, 0) is 4.74 Å². The van der Waals surface area contributed by atoms with Crippen molar-refractivity contribution in [3.05, 3.63) is 0 Å². The molecule has 0 spiro atoms. The third-order valence-electron chi connectivity index (χ3n) is 2.46. The van der Waals surface area contributed by atoms with Gasteiger partial charge in [-0.3, -0.25) is 0 Å². The predicted molar refractivity (Wildman–Crippen MR) is 51.3 cm³/mol. The molecule has 0 saturated carbocycles. The van der Waals surface area contributed by atoms with Crippen LogP contribution in [0.2, 0.25) is 0 Å². The first kappa shape index (κ1) is 10.0. The molecule has 0 bridgehead atoms. The third-order valence-corrected chi connectivity index (χ3v) is 2.46. The first-order valence-corrected chi connectivity index (χ1v) is 4.97. The van der Waals surface area contributed by atoms with E-state index in [-0.39, 0.29) is 0 Å². The molecular weight excluding hydrogens is 150 g/mol. The minimum Gasteiger partial charge on any atom is -0.383 e. The van der Waals surface area contributed by atoms with Gasteiger partial charge in [0, 0.05) is 19.2 Å². The van der Waals surface area contributed by atoms with Gasteiger partial charge in [0.1, 0.15) is 0 Å². The lowest BCUT2D eigenvalue weighted by Gasteiger charge is -2.15. The third kappa shape index (κ3) is 3.11. The maximum absolute atomic E-state index is 5.12.